The molecule has 0 aliphatic carbocycles. The number of carbonyl (C=O) groups excluding carboxylic acids is 2. The normalized spacial score (nSPS) is 15.9. The minimum Gasteiger partial charge on any atom is -0.374 e. The second-order valence-corrected chi connectivity index (χ2v) is 9.15. The van der Waals surface area contributed by atoms with Crippen LogP contribution >= 0.6 is 0 Å². The summed E-state index contributed by atoms with van der Waals surface area (Å²) < 4.78 is 52.3. The number of nitrogens with one attached hydrogen (secondary N) is 2. The first kappa shape index (κ1) is 28.0. The number of nitrogens with zero attached hydrogens (tertiary/aromatic N) is 3. The largest absolute Gasteiger partial charge is 0.424 e. The van der Waals surface area contributed by atoms with Gasteiger partial charge in [0.25, 0.3) is 5.91 Å². The van der Waals surface area contributed by atoms with Gasteiger partial charge in [-0.05, 0) is 41.5 Å². The summed E-state index contributed by atoms with van der Waals surface area (Å²) >= 11 is 0. The molecule has 12 heteroatoms. The molecule has 1 atom stereocenters. The van der Waals surface area contributed by atoms with Gasteiger partial charge in [-0.1, -0.05) is 30.3 Å². The summed E-state index contributed by atoms with van der Waals surface area (Å²) in [6.07, 6.45) is -2.03. The minimum atomic E-state index is -5.13. The number of amides is 3. The first-order chi connectivity index (χ1) is 18.6. The van der Waals surface area contributed by atoms with Crippen molar-refractivity contribution < 1.29 is 32.3 Å². The van der Waals surface area contributed by atoms with Gasteiger partial charge in [0, 0.05) is 62.1 Å². The molecule has 39 heavy (non-hydrogen) atoms. The summed E-state index contributed by atoms with van der Waals surface area (Å²) in [5.41, 5.74) is -1.93. The molecule has 2 heterocycles. The first-order valence-electron chi connectivity index (χ1n) is 12.1. The Morgan fingerprint density at radius 1 is 0.897 bits per heavy atom. The van der Waals surface area contributed by atoms with Crippen molar-refractivity contribution in [3.63, 3.8) is 0 Å². The number of rotatable bonds is 7. The van der Waals surface area contributed by atoms with E-state index in [0.717, 1.165) is 12.1 Å². The Labute approximate surface area is 222 Å². The highest BCUT2D eigenvalue weighted by Gasteiger charge is 2.55. The molecule has 0 bridgehead atoms. The number of aliphatic hydroxyl groups is 1. The number of halogens is 4. The lowest BCUT2D eigenvalue weighted by atomic mass is 9.93. The van der Waals surface area contributed by atoms with Crippen molar-refractivity contribution in [3.8, 4) is 0 Å². The van der Waals surface area contributed by atoms with E-state index in [4.69, 9.17) is 0 Å². The summed E-state index contributed by atoms with van der Waals surface area (Å²) in [7, 11) is 0. The zero-order chi connectivity index (χ0) is 28.0. The zero-order valence-corrected chi connectivity index (χ0v) is 20.8. The maximum atomic E-state index is 13.1. The molecule has 3 N–H and O–H groups in total. The number of hydrogen-bond acceptors (Lipinski definition) is 5. The van der Waals surface area contributed by atoms with Crippen molar-refractivity contribution in [3.05, 3.63) is 89.7 Å². The predicted molar refractivity (Wildman–Crippen MR) is 137 cm³/mol. The monoisotopic (exact) mass is 545 g/mol. The van der Waals surface area contributed by atoms with Gasteiger partial charge in [0.1, 0.15) is 6.67 Å². The zero-order valence-electron chi connectivity index (χ0n) is 20.8. The third-order valence-corrected chi connectivity index (χ3v) is 6.47. The Bertz CT molecular complexity index is 1280. The predicted octanol–water partition coefficient (Wildman–Crippen LogP) is 4.40. The number of hydrogen-bond donors (Lipinski definition) is 3. The van der Waals surface area contributed by atoms with Crippen molar-refractivity contribution in [1.29, 1.82) is 0 Å². The van der Waals surface area contributed by atoms with E-state index < -0.39 is 30.0 Å². The number of urea groups is 1. The fourth-order valence-corrected chi connectivity index (χ4v) is 4.21. The van der Waals surface area contributed by atoms with Crippen LogP contribution in [0.2, 0.25) is 0 Å². The molecule has 1 saturated heterocycles. The van der Waals surface area contributed by atoms with Crippen LogP contribution in [-0.4, -0.2) is 70.9 Å². The second kappa shape index (κ2) is 11.8. The number of piperazine rings is 1. The van der Waals surface area contributed by atoms with E-state index in [9.17, 15) is 32.3 Å². The highest BCUT2D eigenvalue weighted by atomic mass is 19.4. The Balaban J connectivity index is 1.30. The number of pyridine rings is 1. The average Bonchev–Trinajstić information content (AvgIpc) is 2.93. The molecular formula is C27H27F4N5O3. The van der Waals surface area contributed by atoms with Crippen molar-refractivity contribution in [2.75, 3.05) is 43.5 Å². The van der Waals surface area contributed by atoms with Crippen molar-refractivity contribution in [2.45, 2.75) is 18.3 Å². The smallest absolute Gasteiger partial charge is 0.374 e. The Kier molecular flexibility index (Phi) is 8.46. The Morgan fingerprint density at radius 2 is 1.54 bits per heavy atom. The lowest BCUT2D eigenvalue weighted by Crippen LogP contribution is -2.48. The van der Waals surface area contributed by atoms with Gasteiger partial charge in [-0.25, -0.2) is 9.18 Å². The van der Waals surface area contributed by atoms with Crippen LogP contribution in [0.25, 0.3) is 0 Å². The van der Waals surface area contributed by atoms with Crippen LogP contribution in [0, 0.1) is 0 Å². The fraction of sp³-hybridized carbons (Fsp3) is 0.296. The molecule has 2 aromatic carbocycles. The summed E-state index contributed by atoms with van der Waals surface area (Å²) in [6, 6.07) is 14.5. The SMILES string of the molecule is O=C(Nc1ccncc1)Nc1cccc(C(=O)N2CCN(Cc3ccc(C(O)(CF)C(F)(F)F)cc3)CC2)c1. The van der Waals surface area contributed by atoms with E-state index in [-0.39, 0.29) is 5.91 Å². The second-order valence-electron chi connectivity index (χ2n) is 9.15. The van der Waals surface area contributed by atoms with Crippen LogP contribution in [0.3, 0.4) is 0 Å². The number of aromatic nitrogens is 1. The van der Waals surface area contributed by atoms with Crippen molar-refractivity contribution >= 4 is 23.3 Å². The first-order valence-corrected chi connectivity index (χ1v) is 12.1. The quantitative estimate of drug-likeness (QED) is 0.383. The molecule has 8 nitrogen and oxygen atoms in total. The van der Waals surface area contributed by atoms with Crippen LogP contribution in [-0.2, 0) is 12.1 Å². The minimum absolute atomic E-state index is 0.185. The van der Waals surface area contributed by atoms with Crippen LogP contribution < -0.4 is 10.6 Å². The lowest BCUT2D eigenvalue weighted by Gasteiger charge is -2.35. The van der Waals surface area contributed by atoms with Gasteiger partial charge in [0.15, 0.2) is 0 Å². The van der Waals surface area contributed by atoms with Crippen LogP contribution in [0.5, 0.6) is 0 Å². The van der Waals surface area contributed by atoms with Gasteiger partial charge in [-0.2, -0.15) is 13.2 Å². The summed E-state index contributed by atoms with van der Waals surface area (Å²) in [6.45, 7) is 0.408. The molecule has 4 rings (SSSR count). The number of carbonyl (C=O) groups is 2. The summed E-state index contributed by atoms with van der Waals surface area (Å²) in [5, 5.41) is 15.1. The van der Waals surface area contributed by atoms with Gasteiger partial charge < -0.3 is 20.6 Å². The Hall–Kier alpha value is -4.03. The van der Waals surface area contributed by atoms with Gasteiger partial charge in [0.05, 0.1) is 0 Å². The van der Waals surface area contributed by atoms with Crippen LogP contribution in [0.4, 0.5) is 33.7 Å². The summed E-state index contributed by atoms with van der Waals surface area (Å²) in [5.74, 6) is -0.185. The standard InChI is InChI=1S/C27H27F4N5O3/c28-18-26(39,27(29,30)31)21-6-4-19(5-7-21)17-35-12-14-36(15-13-35)24(37)20-2-1-3-23(16-20)34-25(38)33-22-8-10-32-11-9-22/h1-11,16,39H,12-15,17-18H2,(H2,32,33,34,38). The van der Waals surface area contributed by atoms with Crippen molar-refractivity contribution in [2.24, 2.45) is 0 Å². The number of benzene rings is 2. The van der Waals surface area contributed by atoms with E-state index in [1.807, 2.05) is 4.90 Å². The average molecular weight is 546 g/mol. The van der Waals surface area contributed by atoms with E-state index in [0.29, 0.717) is 55.2 Å². The van der Waals surface area contributed by atoms with Crippen LogP contribution in [0.1, 0.15) is 21.5 Å². The maximum Gasteiger partial charge on any atom is 0.424 e. The molecule has 1 fully saturated rings. The fourth-order valence-electron chi connectivity index (χ4n) is 4.21. The third-order valence-electron chi connectivity index (χ3n) is 6.47. The number of alkyl halides is 4. The molecular weight excluding hydrogens is 518 g/mol. The van der Waals surface area contributed by atoms with Gasteiger partial charge in [-0.15, -0.1) is 0 Å². The van der Waals surface area contributed by atoms with E-state index in [1.54, 1.807) is 53.7 Å². The van der Waals surface area contributed by atoms with Gasteiger partial charge in [-0.3, -0.25) is 14.7 Å². The molecule has 3 aromatic rings. The van der Waals surface area contributed by atoms with Gasteiger partial charge >= 0.3 is 12.2 Å². The molecule has 3 amide bonds. The molecule has 206 valence electrons. The topological polar surface area (TPSA) is 97.8 Å². The molecule has 0 radical (unpaired) electrons. The molecule has 1 aliphatic rings. The number of anilines is 2. The lowest BCUT2D eigenvalue weighted by molar-refractivity contribution is -0.271. The Morgan fingerprint density at radius 3 is 2.15 bits per heavy atom. The maximum absolute atomic E-state index is 13.1. The highest BCUT2D eigenvalue weighted by molar-refractivity contribution is 6.01. The van der Waals surface area contributed by atoms with Gasteiger partial charge in [0.2, 0.25) is 5.60 Å². The van der Waals surface area contributed by atoms with E-state index >= 15 is 0 Å². The summed E-state index contributed by atoms with van der Waals surface area (Å²) in [4.78, 5) is 32.9. The molecule has 0 saturated carbocycles. The van der Waals surface area contributed by atoms with Crippen molar-refractivity contribution in [1.82, 2.24) is 14.8 Å². The molecule has 0 spiro atoms. The van der Waals surface area contributed by atoms with Crippen LogP contribution in [0.15, 0.2) is 73.1 Å². The molecule has 1 aliphatic heterocycles. The van der Waals surface area contributed by atoms with E-state index in [2.05, 4.69) is 15.6 Å². The van der Waals surface area contributed by atoms with E-state index in [1.165, 1.54) is 12.1 Å². The molecule has 1 aromatic heterocycles. The highest BCUT2D eigenvalue weighted by Crippen LogP contribution is 2.39. The molecule has 1 unspecified atom stereocenters. The third kappa shape index (κ3) is 6.70.